The molecule has 0 bridgehead atoms. The number of nitrogens with zero attached hydrogens (tertiary/aromatic N) is 3. The third kappa shape index (κ3) is 2.34. The number of hydrogen-bond donors (Lipinski definition) is 0. The quantitative estimate of drug-likeness (QED) is 0.581. The van der Waals surface area contributed by atoms with E-state index in [1.54, 1.807) is 13.1 Å². The minimum Gasteiger partial charge on any atom is -0.468 e. The standard InChI is InChI=1S/C12H13N3O4S/c1-14-10-9(11(17)15(2)12(14)18)7(4-5-13-10)20-6-8(16)19-3/h4-5H,6H2,1-3H3. The lowest BCUT2D eigenvalue weighted by Crippen LogP contribution is -2.37. The first-order chi connectivity index (χ1) is 9.47. The Morgan fingerprint density at radius 1 is 1.35 bits per heavy atom. The van der Waals surface area contributed by atoms with Crippen molar-refractivity contribution in [2.24, 2.45) is 14.1 Å². The zero-order valence-corrected chi connectivity index (χ0v) is 12.1. The largest absolute Gasteiger partial charge is 0.468 e. The summed E-state index contributed by atoms with van der Waals surface area (Å²) < 4.78 is 6.89. The molecule has 0 spiro atoms. The molecule has 106 valence electrons. The fraction of sp³-hybridized carbons (Fsp3) is 0.333. The molecule has 2 heterocycles. The Morgan fingerprint density at radius 2 is 2.05 bits per heavy atom. The molecule has 0 unspecified atom stereocenters. The molecule has 7 nitrogen and oxygen atoms in total. The summed E-state index contributed by atoms with van der Waals surface area (Å²) in [5, 5.41) is 0.325. The van der Waals surface area contributed by atoms with Gasteiger partial charge in [0.2, 0.25) is 0 Å². The topological polar surface area (TPSA) is 83.2 Å². The number of carbonyl (C=O) groups excluding carboxylic acids is 1. The number of rotatable bonds is 3. The van der Waals surface area contributed by atoms with Crippen LogP contribution in [0.25, 0.3) is 11.0 Å². The van der Waals surface area contributed by atoms with Crippen LogP contribution in [0.1, 0.15) is 0 Å². The molecule has 0 aromatic carbocycles. The Morgan fingerprint density at radius 3 is 2.70 bits per heavy atom. The molecule has 0 amide bonds. The first kappa shape index (κ1) is 14.3. The van der Waals surface area contributed by atoms with Gasteiger partial charge in [-0.3, -0.25) is 18.7 Å². The molecule has 0 N–H and O–H groups in total. The van der Waals surface area contributed by atoms with E-state index in [1.165, 1.54) is 36.7 Å². The smallest absolute Gasteiger partial charge is 0.332 e. The summed E-state index contributed by atoms with van der Waals surface area (Å²) in [6.07, 6.45) is 1.50. The van der Waals surface area contributed by atoms with Crippen LogP contribution in [0.3, 0.4) is 0 Å². The number of methoxy groups -OCH3 is 1. The highest BCUT2D eigenvalue weighted by Crippen LogP contribution is 2.23. The Balaban J connectivity index is 2.66. The summed E-state index contributed by atoms with van der Waals surface area (Å²) in [6, 6.07) is 1.64. The summed E-state index contributed by atoms with van der Waals surface area (Å²) in [5.41, 5.74) is -0.568. The summed E-state index contributed by atoms with van der Waals surface area (Å²) in [4.78, 5) is 39.9. The maximum Gasteiger partial charge on any atom is 0.332 e. The lowest BCUT2D eigenvalue weighted by atomic mass is 10.3. The Bertz CT molecular complexity index is 794. The monoisotopic (exact) mass is 295 g/mol. The average molecular weight is 295 g/mol. The van der Waals surface area contributed by atoms with Crippen LogP contribution in [0.4, 0.5) is 0 Å². The number of esters is 1. The molecule has 0 aliphatic heterocycles. The van der Waals surface area contributed by atoms with Gasteiger partial charge in [-0.05, 0) is 6.07 Å². The molecule has 0 atom stereocenters. The predicted octanol–water partition coefficient (Wildman–Crippen LogP) is -0.103. The number of aromatic nitrogens is 3. The van der Waals surface area contributed by atoms with Gasteiger partial charge in [-0.2, -0.15) is 0 Å². The molecule has 20 heavy (non-hydrogen) atoms. The van der Waals surface area contributed by atoms with Gasteiger partial charge in [-0.15, -0.1) is 11.8 Å². The molecular weight excluding hydrogens is 282 g/mol. The molecule has 0 saturated heterocycles. The summed E-state index contributed by atoms with van der Waals surface area (Å²) in [5.74, 6) is -0.302. The van der Waals surface area contributed by atoms with Gasteiger partial charge in [-0.1, -0.05) is 0 Å². The first-order valence-corrected chi connectivity index (χ1v) is 6.70. The maximum atomic E-state index is 12.2. The van der Waals surface area contributed by atoms with Gasteiger partial charge >= 0.3 is 11.7 Å². The van der Waals surface area contributed by atoms with Crippen LogP contribution >= 0.6 is 11.8 Å². The summed E-state index contributed by atoms with van der Waals surface area (Å²) in [6.45, 7) is 0. The van der Waals surface area contributed by atoms with E-state index in [9.17, 15) is 14.4 Å². The number of ether oxygens (including phenoxy) is 1. The van der Waals surface area contributed by atoms with Gasteiger partial charge in [0.15, 0.2) is 0 Å². The van der Waals surface area contributed by atoms with Crippen LogP contribution in [0.15, 0.2) is 26.7 Å². The first-order valence-electron chi connectivity index (χ1n) is 5.71. The van der Waals surface area contributed by atoms with E-state index in [0.29, 0.717) is 15.9 Å². The van der Waals surface area contributed by atoms with Crippen LogP contribution in [0.5, 0.6) is 0 Å². The minimum atomic E-state index is -0.440. The number of aryl methyl sites for hydroxylation is 1. The summed E-state index contributed by atoms with van der Waals surface area (Å²) >= 11 is 1.18. The van der Waals surface area contributed by atoms with Crippen molar-refractivity contribution < 1.29 is 9.53 Å². The van der Waals surface area contributed by atoms with Gasteiger partial charge in [0, 0.05) is 25.2 Å². The minimum absolute atomic E-state index is 0.0849. The van der Waals surface area contributed by atoms with Crippen molar-refractivity contribution in [3.05, 3.63) is 33.1 Å². The van der Waals surface area contributed by atoms with E-state index in [4.69, 9.17) is 0 Å². The Labute approximate surface area is 118 Å². The van der Waals surface area contributed by atoms with Gasteiger partial charge in [-0.25, -0.2) is 9.78 Å². The van der Waals surface area contributed by atoms with Gasteiger partial charge in [0.05, 0.1) is 18.2 Å². The van der Waals surface area contributed by atoms with Crippen molar-refractivity contribution in [3.8, 4) is 0 Å². The van der Waals surface area contributed by atoms with Crippen molar-refractivity contribution in [1.29, 1.82) is 0 Å². The molecule has 2 aromatic rings. The lowest BCUT2D eigenvalue weighted by Gasteiger charge is -2.09. The molecule has 8 heteroatoms. The summed E-state index contributed by atoms with van der Waals surface area (Å²) in [7, 11) is 4.26. The van der Waals surface area contributed by atoms with E-state index in [-0.39, 0.29) is 11.7 Å². The van der Waals surface area contributed by atoms with Crippen LogP contribution in [-0.4, -0.2) is 33.0 Å². The number of pyridine rings is 1. The van der Waals surface area contributed by atoms with Crippen molar-refractivity contribution >= 4 is 28.8 Å². The molecule has 0 saturated carbocycles. The number of hydrogen-bond acceptors (Lipinski definition) is 6. The third-order valence-electron chi connectivity index (χ3n) is 2.88. The number of carbonyl (C=O) groups is 1. The highest BCUT2D eigenvalue weighted by atomic mass is 32.2. The molecule has 0 radical (unpaired) electrons. The fourth-order valence-corrected chi connectivity index (χ4v) is 2.65. The van der Waals surface area contributed by atoms with E-state index >= 15 is 0 Å². The molecule has 0 aliphatic carbocycles. The third-order valence-corrected chi connectivity index (χ3v) is 3.91. The van der Waals surface area contributed by atoms with Crippen LogP contribution in [0.2, 0.25) is 0 Å². The zero-order chi connectivity index (χ0) is 14.9. The second-order valence-electron chi connectivity index (χ2n) is 4.08. The molecule has 0 fully saturated rings. The number of thioether (sulfide) groups is 1. The molecular formula is C12H13N3O4S. The van der Waals surface area contributed by atoms with Gasteiger partial charge < -0.3 is 4.74 Å². The van der Waals surface area contributed by atoms with Gasteiger partial charge in [0.25, 0.3) is 5.56 Å². The van der Waals surface area contributed by atoms with E-state index in [1.807, 2.05) is 0 Å². The fourth-order valence-electron chi connectivity index (χ4n) is 1.78. The maximum absolute atomic E-state index is 12.2. The highest BCUT2D eigenvalue weighted by Gasteiger charge is 2.14. The van der Waals surface area contributed by atoms with E-state index in [2.05, 4.69) is 9.72 Å². The van der Waals surface area contributed by atoms with Crippen LogP contribution in [-0.2, 0) is 23.6 Å². The average Bonchev–Trinajstić information content (AvgIpc) is 2.47. The van der Waals surface area contributed by atoms with Crippen molar-refractivity contribution in [1.82, 2.24) is 14.1 Å². The zero-order valence-electron chi connectivity index (χ0n) is 11.2. The molecule has 0 aliphatic rings. The van der Waals surface area contributed by atoms with E-state index < -0.39 is 11.2 Å². The van der Waals surface area contributed by atoms with E-state index in [0.717, 1.165) is 4.57 Å². The lowest BCUT2D eigenvalue weighted by molar-refractivity contribution is -0.137. The van der Waals surface area contributed by atoms with Gasteiger partial charge in [0.1, 0.15) is 5.65 Å². The second-order valence-corrected chi connectivity index (χ2v) is 5.10. The van der Waals surface area contributed by atoms with Crippen molar-refractivity contribution in [2.45, 2.75) is 4.90 Å². The molecule has 2 aromatic heterocycles. The van der Waals surface area contributed by atoms with Crippen LogP contribution in [0, 0.1) is 0 Å². The predicted molar refractivity (Wildman–Crippen MR) is 75.0 cm³/mol. The Kier molecular flexibility index (Phi) is 3.93. The normalized spacial score (nSPS) is 10.8. The molecule has 2 rings (SSSR count). The van der Waals surface area contributed by atoms with Crippen LogP contribution < -0.4 is 11.2 Å². The number of fused-ring (bicyclic) bond motifs is 1. The Hall–Kier alpha value is -2.09. The highest BCUT2D eigenvalue weighted by molar-refractivity contribution is 8.00. The second kappa shape index (κ2) is 5.49. The van der Waals surface area contributed by atoms with Crippen molar-refractivity contribution in [3.63, 3.8) is 0 Å². The SMILES string of the molecule is COC(=O)CSc1ccnc2c1c(=O)n(C)c(=O)n2C. The van der Waals surface area contributed by atoms with Crippen molar-refractivity contribution in [2.75, 3.05) is 12.9 Å².